The third kappa shape index (κ3) is 5.98. The van der Waals surface area contributed by atoms with Crippen molar-refractivity contribution in [3.05, 3.63) is 57.9 Å². The molecule has 0 bridgehead atoms. The van der Waals surface area contributed by atoms with Gasteiger partial charge in [0, 0.05) is 6.07 Å². The number of para-hydroxylation sites is 1. The van der Waals surface area contributed by atoms with Gasteiger partial charge in [-0.1, -0.05) is 12.1 Å². The van der Waals surface area contributed by atoms with Crippen molar-refractivity contribution in [1.82, 2.24) is 10.9 Å². The monoisotopic (exact) mass is 443 g/mol. The second kappa shape index (κ2) is 10.1. The minimum atomic E-state index is -3.29. The predicted molar refractivity (Wildman–Crippen MR) is 98.4 cm³/mol. The minimum absolute atomic E-state index is 0.202. The van der Waals surface area contributed by atoms with Crippen LogP contribution in [-0.2, 0) is 4.79 Å². The number of hydrazine groups is 1. The van der Waals surface area contributed by atoms with Crippen LogP contribution in [0.2, 0.25) is 0 Å². The summed E-state index contributed by atoms with van der Waals surface area (Å²) < 4.78 is 52.7. The van der Waals surface area contributed by atoms with Crippen LogP contribution in [-0.4, -0.2) is 36.6 Å². The molecule has 0 fully saturated rings. The van der Waals surface area contributed by atoms with E-state index in [9.17, 15) is 32.9 Å². The Labute approximate surface area is 173 Å². The summed E-state index contributed by atoms with van der Waals surface area (Å²) in [6.07, 6.45) is -1.25. The number of rotatable bonds is 8. The zero-order valence-corrected chi connectivity index (χ0v) is 16.1. The van der Waals surface area contributed by atoms with Crippen LogP contribution in [0, 0.1) is 15.9 Å². The van der Waals surface area contributed by atoms with Crippen LogP contribution in [0.3, 0.4) is 0 Å². The first-order chi connectivity index (χ1) is 14.6. The number of nitro benzene ring substituents is 1. The summed E-state index contributed by atoms with van der Waals surface area (Å²) >= 11 is 0. The van der Waals surface area contributed by atoms with Gasteiger partial charge in [0.05, 0.1) is 18.1 Å². The fourth-order valence-corrected chi connectivity index (χ4v) is 2.30. The number of nitro groups is 1. The molecule has 0 spiro atoms. The van der Waals surface area contributed by atoms with Gasteiger partial charge in [0.25, 0.3) is 17.5 Å². The molecule has 13 heteroatoms. The molecule has 0 saturated heterocycles. The zero-order chi connectivity index (χ0) is 23.1. The lowest BCUT2D eigenvalue weighted by Crippen LogP contribution is -2.47. The maximum atomic E-state index is 13.6. The molecule has 0 heterocycles. The molecule has 0 saturated carbocycles. The average molecular weight is 443 g/mol. The quantitative estimate of drug-likeness (QED) is 0.474. The molecule has 0 aliphatic heterocycles. The molecular formula is C18H16F3N3O7. The van der Waals surface area contributed by atoms with Crippen LogP contribution in [0.5, 0.6) is 17.2 Å². The highest BCUT2D eigenvalue weighted by atomic mass is 19.3. The number of nitrogens with one attached hydrogen (secondary N) is 2. The maximum Gasteiger partial charge on any atom is 0.387 e. The second-order valence-electron chi connectivity index (χ2n) is 5.79. The lowest BCUT2D eigenvalue weighted by Gasteiger charge is -2.16. The lowest BCUT2D eigenvalue weighted by atomic mass is 10.1. The van der Waals surface area contributed by atoms with E-state index in [-0.39, 0.29) is 11.5 Å². The highest BCUT2D eigenvalue weighted by Gasteiger charge is 2.27. The molecule has 166 valence electrons. The number of methoxy groups -OCH3 is 1. The van der Waals surface area contributed by atoms with Gasteiger partial charge in [0.2, 0.25) is 0 Å². The van der Waals surface area contributed by atoms with E-state index in [0.717, 1.165) is 19.2 Å². The molecule has 10 nitrogen and oxygen atoms in total. The molecule has 2 rings (SSSR count). The lowest BCUT2D eigenvalue weighted by molar-refractivity contribution is -0.385. The largest absolute Gasteiger partial charge is 0.493 e. The number of carbonyl (C=O) groups excluding carboxylic acids is 2. The van der Waals surface area contributed by atoms with Gasteiger partial charge in [-0.3, -0.25) is 30.6 Å². The van der Waals surface area contributed by atoms with E-state index in [1.165, 1.54) is 25.1 Å². The molecule has 2 N–H and O–H groups in total. The van der Waals surface area contributed by atoms with E-state index in [0.29, 0.717) is 6.07 Å². The van der Waals surface area contributed by atoms with Gasteiger partial charge in [-0.2, -0.15) is 8.78 Å². The van der Waals surface area contributed by atoms with Gasteiger partial charge in [0.15, 0.2) is 29.2 Å². The van der Waals surface area contributed by atoms with Crippen molar-refractivity contribution in [3.8, 4) is 17.2 Å². The van der Waals surface area contributed by atoms with Gasteiger partial charge in [-0.15, -0.1) is 0 Å². The SMILES string of the molecule is COc1cc(C(=O)NNC(=O)C(C)Oc2ccccc2F)c([N+](=O)[O-])cc1OC(F)F. The summed E-state index contributed by atoms with van der Waals surface area (Å²) in [6, 6.07) is 6.71. The first-order valence-corrected chi connectivity index (χ1v) is 8.46. The summed E-state index contributed by atoms with van der Waals surface area (Å²) in [6.45, 7) is -2.01. The van der Waals surface area contributed by atoms with Crippen LogP contribution >= 0.6 is 0 Å². The molecule has 31 heavy (non-hydrogen) atoms. The predicted octanol–water partition coefficient (Wildman–Crippen LogP) is 2.57. The summed E-state index contributed by atoms with van der Waals surface area (Å²) in [5.41, 5.74) is 2.41. The summed E-state index contributed by atoms with van der Waals surface area (Å²) in [5, 5.41) is 11.2. The Hall–Kier alpha value is -4.03. The fourth-order valence-electron chi connectivity index (χ4n) is 2.30. The van der Waals surface area contributed by atoms with Crippen molar-refractivity contribution in [2.75, 3.05) is 7.11 Å². The average Bonchev–Trinajstić information content (AvgIpc) is 2.72. The Morgan fingerprint density at radius 2 is 1.74 bits per heavy atom. The molecule has 0 radical (unpaired) electrons. The van der Waals surface area contributed by atoms with E-state index < -0.39 is 52.3 Å². The van der Waals surface area contributed by atoms with Crippen molar-refractivity contribution in [1.29, 1.82) is 0 Å². The zero-order valence-electron chi connectivity index (χ0n) is 16.1. The Morgan fingerprint density at radius 1 is 1.06 bits per heavy atom. The number of carbonyl (C=O) groups is 2. The van der Waals surface area contributed by atoms with E-state index in [2.05, 4.69) is 4.74 Å². The second-order valence-corrected chi connectivity index (χ2v) is 5.79. The normalized spacial score (nSPS) is 11.4. The number of benzene rings is 2. The van der Waals surface area contributed by atoms with Crippen molar-refractivity contribution >= 4 is 17.5 Å². The summed E-state index contributed by atoms with van der Waals surface area (Å²) in [5.74, 6) is -3.99. The molecule has 2 amide bonds. The maximum absolute atomic E-state index is 13.6. The smallest absolute Gasteiger partial charge is 0.387 e. The molecule has 2 aromatic rings. The number of hydrogen-bond acceptors (Lipinski definition) is 7. The third-order valence-electron chi connectivity index (χ3n) is 3.75. The van der Waals surface area contributed by atoms with Crippen molar-refractivity contribution < 1.29 is 41.9 Å². The van der Waals surface area contributed by atoms with Crippen LogP contribution in [0.15, 0.2) is 36.4 Å². The molecule has 0 aliphatic carbocycles. The van der Waals surface area contributed by atoms with E-state index >= 15 is 0 Å². The number of alkyl halides is 2. The highest BCUT2D eigenvalue weighted by molar-refractivity contribution is 6.00. The van der Waals surface area contributed by atoms with E-state index in [1.54, 1.807) is 0 Å². The molecule has 2 aromatic carbocycles. The van der Waals surface area contributed by atoms with Crippen LogP contribution in [0.1, 0.15) is 17.3 Å². The van der Waals surface area contributed by atoms with E-state index in [4.69, 9.17) is 9.47 Å². The van der Waals surface area contributed by atoms with Crippen LogP contribution in [0.25, 0.3) is 0 Å². The first kappa shape index (κ1) is 23.3. The molecular weight excluding hydrogens is 427 g/mol. The van der Waals surface area contributed by atoms with E-state index in [1.807, 2.05) is 10.9 Å². The van der Waals surface area contributed by atoms with Crippen molar-refractivity contribution in [3.63, 3.8) is 0 Å². The Morgan fingerprint density at radius 3 is 2.32 bits per heavy atom. The topological polar surface area (TPSA) is 129 Å². The summed E-state index contributed by atoms with van der Waals surface area (Å²) in [7, 11) is 1.07. The number of amides is 2. The number of hydrogen-bond donors (Lipinski definition) is 2. The minimum Gasteiger partial charge on any atom is -0.493 e. The number of nitrogens with zero attached hydrogens (tertiary/aromatic N) is 1. The summed E-state index contributed by atoms with van der Waals surface area (Å²) in [4.78, 5) is 34.7. The first-order valence-electron chi connectivity index (χ1n) is 8.46. The van der Waals surface area contributed by atoms with Crippen molar-refractivity contribution in [2.24, 2.45) is 0 Å². The van der Waals surface area contributed by atoms with Gasteiger partial charge in [-0.25, -0.2) is 4.39 Å². The highest BCUT2D eigenvalue weighted by Crippen LogP contribution is 2.35. The van der Waals surface area contributed by atoms with Crippen LogP contribution in [0.4, 0.5) is 18.9 Å². The van der Waals surface area contributed by atoms with Gasteiger partial charge >= 0.3 is 6.61 Å². The molecule has 1 atom stereocenters. The fraction of sp³-hybridized carbons (Fsp3) is 0.222. The Kier molecular flexibility index (Phi) is 7.60. The number of ether oxygens (including phenoxy) is 3. The van der Waals surface area contributed by atoms with Gasteiger partial charge in [-0.05, 0) is 19.1 Å². The van der Waals surface area contributed by atoms with Crippen molar-refractivity contribution in [2.45, 2.75) is 19.6 Å². The van der Waals surface area contributed by atoms with Gasteiger partial charge in [0.1, 0.15) is 5.56 Å². The third-order valence-corrected chi connectivity index (χ3v) is 3.75. The molecule has 1 unspecified atom stereocenters. The Balaban J connectivity index is 2.14. The van der Waals surface area contributed by atoms with Crippen LogP contribution < -0.4 is 25.1 Å². The number of halogens is 3. The Bertz CT molecular complexity index is 988. The molecule has 0 aromatic heterocycles. The van der Waals surface area contributed by atoms with Gasteiger partial charge < -0.3 is 14.2 Å². The standard InChI is InChI=1S/C18H16F3N3O7/c1-9(30-13-6-4-3-5-11(13)19)16(25)22-23-17(26)10-7-14(29-2)15(31-18(20)21)8-12(10)24(27)28/h3-9,18H,1-2H3,(H,22,25)(H,23,26). The molecule has 0 aliphatic rings.